The number of amides is 1. The summed E-state index contributed by atoms with van der Waals surface area (Å²) in [5, 5.41) is 3.06. The maximum atomic E-state index is 11.8. The number of rotatable bonds is 2. The van der Waals surface area contributed by atoms with Gasteiger partial charge in [-0.25, -0.2) is 0 Å². The lowest BCUT2D eigenvalue weighted by Crippen LogP contribution is -2.36. The van der Waals surface area contributed by atoms with Gasteiger partial charge in [0.2, 0.25) is 0 Å². The Kier molecular flexibility index (Phi) is 5.26. The third-order valence-electron chi connectivity index (χ3n) is 2.86. The van der Waals surface area contributed by atoms with Gasteiger partial charge in [0.25, 0.3) is 5.91 Å². The number of hydrogen-bond donors (Lipinski definition) is 1. The normalized spacial score (nSPS) is 16.2. The predicted octanol–water partition coefficient (Wildman–Crippen LogP) is 2.57. The van der Waals surface area contributed by atoms with E-state index in [1.54, 1.807) is 24.5 Å². The van der Waals surface area contributed by atoms with E-state index in [-0.39, 0.29) is 18.3 Å². The molecule has 0 aromatic carbocycles. The molecule has 0 bridgehead atoms. The summed E-state index contributed by atoms with van der Waals surface area (Å²) < 4.78 is 0. The zero-order valence-corrected chi connectivity index (χ0v) is 10.0. The minimum Gasteiger partial charge on any atom is -0.349 e. The lowest BCUT2D eigenvalue weighted by atomic mass is 9.95. The van der Waals surface area contributed by atoms with Crippen molar-refractivity contribution < 1.29 is 4.79 Å². The fraction of sp³-hybridized carbons (Fsp3) is 0.500. The van der Waals surface area contributed by atoms with Gasteiger partial charge in [-0.1, -0.05) is 19.3 Å². The summed E-state index contributed by atoms with van der Waals surface area (Å²) in [5.41, 5.74) is 0.656. The van der Waals surface area contributed by atoms with Crippen LogP contribution in [0.25, 0.3) is 0 Å². The van der Waals surface area contributed by atoms with Crippen LogP contribution in [-0.4, -0.2) is 16.9 Å². The number of nitrogens with one attached hydrogen (secondary N) is 1. The van der Waals surface area contributed by atoms with Crippen molar-refractivity contribution in [1.82, 2.24) is 10.3 Å². The zero-order chi connectivity index (χ0) is 10.5. The molecule has 0 atom stereocenters. The van der Waals surface area contributed by atoms with Gasteiger partial charge in [-0.15, -0.1) is 12.4 Å². The molecule has 1 heterocycles. The molecule has 1 fully saturated rings. The third-order valence-corrected chi connectivity index (χ3v) is 2.86. The second-order valence-electron chi connectivity index (χ2n) is 4.05. The van der Waals surface area contributed by atoms with Crippen molar-refractivity contribution in [3.05, 3.63) is 30.1 Å². The van der Waals surface area contributed by atoms with Crippen molar-refractivity contribution in [2.75, 3.05) is 0 Å². The average molecular weight is 241 g/mol. The Morgan fingerprint density at radius 3 is 2.69 bits per heavy atom. The molecule has 1 amide bonds. The van der Waals surface area contributed by atoms with Crippen LogP contribution in [0.2, 0.25) is 0 Å². The molecule has 88 valence electrons. The quantitative estimate of drug-likeness (QED) is 0.863. The van der Waals surface area contributed by atoms with Gasteiger partial charge < -0.3 is 5.32 Å². The van der Waals surface area contributed by atoms with Gasteiger partial charge in [-0.05, 0) is 25.0 Å². The average Bonchev–Trinajstić information content (AvgIpc) is 2.31. The Labute approximate surface area is 102 Å². The number of carbonyl (C=O) groups excluding carboxylic acids is 1. The molecule has 1 aromatic heterocycles. The molecular formula is C12H17ClN2O. The highest BCUT2D eigenvalue weighted by Gasteiger charge is 2.16. The molecule has 0 spiro atoms. The smallest absolute Gasteiger partial charge is 0.253 e. The topological polar surface area (TPSA) is 42.0 Å². The first-order valence-corrected chi connectivity index (χ1v) is 5.57. The van der Waals surface area contributed by atoms with E-state index in [1.807, 2.05) is 0 Å². The van der Waals surface area contributed by atoms with Crippen molar-refractivity contribution >= 4 is 18.3 Å². The molecular weight excluding hydrogens is 224 g/mol. The predicted molar refractivity (Wildman–Crippen MR) is 65.8 cm³/mol. The zero-order valence-electron chi connectivity index (χ0n) is 9.19. The van der Waals surface area contributed by atoms with Gasteiger partial charge in [0.1, 0.15) is 0 Å². The van der Waals surface area contributed by atoms with E-state index in [1.165, 1.54) is 19.3 Å². The summed E-state index contributed by atoms with van der Waals surface area (Å²) in [4.78, 5) is 15.7. The Bertz CT molecular complexity index is 323. The van der Waals surface area contributed by atoms with Crippen LogP contribution in [0.3, 0.4) is 0 Å². The summed E-state index contributed by atoms with van der Waals surface area (Å²) in [6.45, 7) is 0. The monoisotopic (exact) mass is 240 g/mol. The molecule has 1 N–H and O–H groups in total. The lowest BCUT2D eigenvalue weighted by Gasteiger charge is -2.22. The molecule has 1 aliphatic carbocycles. The Balaban J connectivity index is 0.00000128. The lowest BCUT2D eigenvalue weighted by molar-refractivity contribution is 0.0927. The van der Waals surface area contributed by atoms with E-state index in [0.29, 0.717) is 11.6 Å². The fourth-order valence-electron chi connectivity index (χ4n) is 2.01. The minimum absolute atomic E-state index is 0. The SMILES string of the molecule is Cl.O=C(NC1CCCCC1)c1cccnc1. The van der Waals surface area contributed by atoms with Gasteiger partial charge in [-0.2, -0.15) is 0 Å². The van der Waals surface area contributed by atoms with Crippen LogP contribution in [0.1, 0.15) is 42.5 Å². The van der Waals surface area contributed by atoms with E-state index in [0.717, 1.165) is 12.8 Å². The maximum Gasteiger partial charge on any atom is 0.253 e. The molecule has 0 radical (unpaired) electrons. The molecule has 4 heteroatoms. The third kappa shape index (κ3) is 3.49. The minimum atomic E-state index is 0. The van der Waals surface area contributed by atoms with E-state index >= 15 is 0 Å². The largest absolute Gasteiger partial charge is 0.349 e. The molecule has 0 unspecified atom stereocenters. The van der Waals surface area contributed by atoms with Gasteiger partial charge >= 0.3 is 0 Å². The highest BCUT2D eigenvalue weighted by molar-refractivity contribution is 5.93. The van der Waals surface area contributed by atoms with Crippen LogP contribution in [0.5, 0.6) is 0 Å². The van der Waals surface area contributed by atoms with Crippen LogP contribution < -0.4 is 5.32 Å². The first kappa shape index (κ1) is 13.0. The van der Waals surface area contributed by atoms with Crippen LogP contribution in [0, 0.1) is 0 Å². The van der Waals surface area contributed by atoms with E-state index < -0.39 is 0 Å². The molecule has 0 aliphatic heterocycles. The van der Waals surface area contributed by atoms with E-state index in [9.17, 15) is 4.79 Å². The van der Waals surface area contributed by atoms with E-state index in [2.05, 4.69) is 10.3 Å². The van der Waals surface area contributed by atoms with Crippen molar-refractivity contribution in [3.63, 3.8) is 0 Å². The Morgan fingerprint density at radius 2 is 2.06 bits per heavy atom. The van der Waals surface area contributed by atoms with Gasteiger partial charge in [0.05, 0.1) is 5.56 Å². The second-order valence-corrected chi connectivity index (χ2v) is 4.05. The summed E-state index contributed by atoms with van der Waals surface area (Å²) in [5.74, 6) is 0.00926. The number of pyridine rings is 1. The summed E-state index contributed by atoms with van der Waals surface area (Å²) in [6.07, 6.45) is 9.29. The number of nitrogens with zero attached hydrogens (tertiary/aromatic N) is 1. The van der Waals surface area contributed by atoms with Crippen LogP contribution >= 0.6 is 12.4 Å². The standard InChI is InChI=1S/C12H16N2O.ClH/c15-12(10-5-4-8-13-9-10)14-11-6-2-1-3-7-11;/h4-5,8-9,11H,1-3,6-7H2,(H,14,15);1H. The van der Waals surface area contributed by atoms with Crippen LogP contribution in [0.4, 0.5) is 0 Å². The first-order valence-electron chi connectivity index (χ1n) is 5.57. The molecule has 2 rings (SSSR count). The fourth-order valence-corrected chi connectivity index (χ4v) is 2.01. The maximum absolute atomic E-state index is 11.8. The number of carbonyl (C=O) groups is 1. The highest BCUT2D eigenvalue weighted by Crippen LogP contribution is 2.17. The molecule has 1 saturated carbocycles. The summed E-state index contributed by atoms with van der Waals surface area (Å²) >= 11 is 0. The number of hydrogen-bond acceptors (Lipinski definition) is 2. The molecule has 1 aliphatic rings. The molecule has 16 heavy (non-hydrogen) atoms. The molecule has 0 saturated heterocycles. The highest BCUT2D eigenvalue weighted by atomic mass is 35.5. The molecule has 1 aromatic rings. The Hall–Kier alpha value is -1.09. The number of aromatic nitrogens is 1. The summed E-state index contributed by atoms with van der Waals surface area (Å²) in [6, 6.07) is 3.95. The van der Waals surface area contributed by atoms with E-state index in [4.69, 9.17) is 0 Å². The van der Waals surface area contributed by atoms with Gasteiger partial charge in [-0.3, -0.25) is 9.78 Å². The van der Waals surface area contributed by atoms with Crippen molar-refractivity contribution in [2.24, 2.45) is 0 Å². The van der Waals surface area contributed by atoms with Crippen LogP contribution in [-0.2, 0) is 0 Å². The number of halogens is 1. The van der Waals surface area contributed by atoms with Gasteiger partial charge in [0.15, 0.2) is 0 Å². The van der Waals surface area contributed by atoms with Crippen molar-refractivity contribution in [3.8, 4) is 0 Å². The first-order chi connectivity index (χ1) is 7.36. The second kappa shape index (κ2) is 6.48. The van der Waals surface area contributed by atoms with Gasteiger partial charge in [0, 0.05) is 18.4 Å². The summed E-state index contributed by atoms with van der Waals surface area (Å²) in [7, 11) is 0. The van der Waals surface area contributed by atoms with Crippen molar-refractivity contribution in [2.45, 2.75) is 38.1 Å². The molecule has 3 nitrogen and oxygen atoms in total. The van der Waals surface area contributed by atoms with Crippen molar-refractivity contribution in [1.29, 1.82) is 0 Å². The van der Waals surface area contributed by atoms with Crippen LogP contribution in [0.15, 0.2) is 24.5 Å². The Morgan fingerprint density at radius 1 is 1.31 bits per heavy atom.